The molecule has 0 saturated carbocycles. The van der Waals surface area contributed by atoms with E-state index in [1.807, 2.05) is 0 Å². The van der Waals surface area contributed by atoms with Crippen LogP contribution in [0.25, 0.3) is 0 Å². The summed E-state index contributed by atoms with van der Waals surface area (Å²) in [4.78, 5) is 0.458. The topological polar surface area (TPSA) is 3.88 Å². The molecule has 1 unspecified atom stereocenters. The van der Waals surface area contributed by atoms with Gasteiger partial charge in [0.2, 0.25) is 4.95 Å². The van der Waals surface area contributed by atoms with Crippen LogP contribution in [-0.2, 0) is 0 Å². The molecule has 0 aliphatic heterocycles. The fourth-order valence-electron chi connectivity index (χ4n) is 2.02. The van der Waals surface area contributed by atoms with Gasteiger partial charge in [-0.3, -0.25) is 0 Å². The first-order valence-corrected chi connectivity index (χ1v) is 7.86. The molecule has 1 aromatic heterocycles. The predicted molar refractivity (Wildman–Crippen MR) is 77.2 cm³/mol. The highest BCUT2D eigenvalue weighted by atomic mass is 79.9. The molecule has 1 atom stereocenters. The third kappa shape index (κ3) is 8.25. The maximum atomic E-state index is 3.74. The molecule has 0 aliphatic rings. The highest BCUT2D eigenvalue weighted by Crippen LogP contribution is 2.17. The SMILES string of the molecule is CCCCCCCCCC(Br)[n+]1ccccc1.[Br-]. The Bertz CT molecular complexity index is 277. The molecule has 1 rings (SSSR count). The van der Waals surface area contributed by atoms with Crippen molar-refractivity contribution in [1.29, 1.82) is 0 Å². The van der Waals surface area contributed by atoms with Gasteiger partial charge in [0, 0.05) is 18.6 Å². The average Bonchev–Trinajstić information content (AvgIpc) is 2.38. The Morgan fingerprint density at radius 3 is 2.06 bits per heavy atom. The maximum Gasteiger partial charge on any atom is 0.211 e. The second kappa shape index (κ2) is 12.2. The van der Waals surface area contributed by atoms with E-state index < -0.39 is 0 Å². The molecule has 1 nitrogen and oxygen atoms in total. The molecule has 0 aliphatic carbocycles. The van der Waals surface area contributed by atoms with E-state index in [0.717, 1.165) is 0 Å². The molecule has 0 amide bonds. The Morgan fingerprint density at radius 2 is 1.44 bits per heavy atom. The lowest BCUT2D eigenvalue weighted by atomic mass is 10.1. The van der Waals surface area contributed by atoms with Crippen LogP contribution >= 0.6 is 15.9 Å². The molecule has 0 radical (unpaired) electrons. The summed E-state index contributed by atoms with van der Waals surface area (Å²) in [5.74, 6) is 0. The molecule has 0 bridgehead atoms. The smallest absolute Gasteiger partial charge is 0.211 e. The number of aromatic nitrogens is 1. The van der Waals surface area contributed by atoms with Gasteiger partial charge in [0.1, 0.15) is 0 Å². The lowest BCUT2D eigenvalue weighted by Crippen LogP contribution is -3.00. The minimum atomic E-state index is 0. The van der Waals surface area contributed by atoms with Gasteiger partial charge in [-0.25, -0.2) is 0 Å². The summed E-state index contributed by atoms with van der Waals surface area (Å²) in [6.45, 7) is 2.27. The van der Waals surface area contributed by atoms with Crippen LogP contribution in [0, 0.1) is 0 Å². The molecule has 0 fully saturated rings. The Morgan fingerprint density at radius 1 is 0.889 bits per heavy atom. The van der Waals surface area contributed by atoms with E-state index in [0.29, 0.717) is 4.95 Å². The standard InChI is InChI=1S/C15H25BrN.BrH/c1-2-3-4-5-6-7-9-12-15(16)17-13-10-8-11-14-17;/h8,10-11,13-15H,2-7,9,12H2,1H3;1H/q+1;/p-1. The van der Waals surface area contributed by atoms with Crippen molar-refractivity contribution >= 4 is 15.9 Å². The largest absolute Gasteiger partial charge is 1.00 e. The third-order valence-corrected chi connectivity index (χ3v) is 4.04. The van der Waals surface area contributed by atoms with Gasteiger partial charge in [0.05, 0.1) is 0 Å². The Hall–Kier alpha value is 0.110. The highest BCUT2D eigenvalue weighted by Gasteiger charge is 2.11. The van der Waals surface area contributed by atoms with Gasteiger partial charge in [-0.2, -0.15) is 4.57 Å². The number of pyridine rings is 1. The van der Waals surface area contributed by atoms with Crippen molar-refractivity contribution in [2.45, 2.75) is 63.2 Å². The fraction of sp³-hybridized carbons (Fsp3) is 0.667. The summed E-state index contributed by atoms with van der Waals surface area (Å²) in [5, 5.41) is 0. The van der Waals surface area contributed by atoms with Crippen molar-refractivity contribution in [1.82, 2.24) is 0 Å². The summed E-state index contributed by atoms with van der Waals surface area (Å²) in [5.41, 5.74) is 0. The van der Waals surface area contributed by atoms with Crippen molar-refractivity contribution in [3.8, 4) is 0 Å². The van der Waals surface area contributed by atoms with Gasteiger partial charge < -0.3 is 17.0 Å². The van der Waals surface area contributed by atoms with Crippen molar-refractivity contribution < 1.29 is 21.5 Å². The number of rotatable bonds is 9. The molecule has 0 spiro atoms. The zero-order valence-electron chi connectivity index (χ0n) is 11.3. The molecule has 18 heavy (non-hydrogen) atoms. The van der Waals surface area contributed by atoms with E-state index in [4.69, 9.17) is 0 Å². The van der Waals surface area contributed by atoms with E-state index in [9.17, 15) is 0 Å². The monoisotopic (exact) mass is 377 g/mol. The van der Waals surface area contributed by atoms with Crippen LogP contribution in [0.3, 0.4) is 0 Å². The van der Waals surface area contributed by atoms with Crippen LogP contribution in [0.15, 0.2) is 30.6 Å². The van der Waals surface area contributed by atoms with Crippen molar-refractivity contribution in [3.05, 3.63) is 30.6 Å². The van der Waals surface area contributed by atoms with Gasteiger partial charge in [-0.15, -0.1) is 0 Å². The molecule has 1 heterocycles. The molecular formula is C15H25Br2N. The van der Waals surface area contributed by atoms with E-state index in [2.05, 4.69) is 58.0 Å². The van der Waals surface area contributed by atoms with Crippen molar-refractivity contribution in [2.24, 2.45) is 0 Å². The quantitative estimate of drug-likeness (QED) is 0.351. The van der Waals surface area contributed by atoms with E-state index in [-0.39, 0.29) is 17.0 Å². The summed E-state index contributed by atoms with van der Waals surface area (Å²) in [6, 6.07) is 6.22. The van der Waals surface area contributed by atoms with Crippen LogP contribution in [0.4, 0.5) is 0 Å². The zero-order chi connectivity index (χ0) is 12.3. The number of unbranched alkanes of at least 4 members (excludes halogenated alkanes) is 6. The maximum absolute atomic E-state index is 3.74. The van der Waals surface area contributed by atoms with Gasteiger partial charge in [0.25, 0.3) is 0 Å². The molecule has 3 heteroatoms. The molecule has 0 N–H and O–H groups in total. The van der Waals surface area contributed by atoms with E-state index >= 15 is 0 Å². The number of halogens is 2. The highest BCUT2D eigenvalue weighted by molar-refractivity contribution is 9.09. The molecular weight excluding hydrogens is 354 g/mol. The summed E-state index contributed by atoms with van der Waals surface area (Å²) in [6.07, 6.45) is 15.2. The first kappa shape index (κ1) is 18.1. The van der Waals surface area contributed by atoms with Crippen LogP contribution in [-0.4, -0.2) is 0 Å². The third-order valence-electron chi connectivity index (χ3n) is 3.11. The lowest BCUT2D eigenvalue weighted by molar-refractivity contribution is -0.698. The molecule has 104 valence electrons. The Balaban J connectivity index is 0.00000289. The van der Waals surface area contributed by atoms with Crippen LogP contribution in [0.5, 0.6) is 0 Å². The van der Waals surface area contributed by atoms with Crippen LogP contribution in [0.2, 0.25) is 0 Å². The second-order valence-electron chi connectivity index (χ2n) is 4.67. The Kier molecular flexibility index (Phi) is 12.2. The fourth-order valence-corrected chi connectivity index (χ4v) is 2.61. The summed E-state index contributed by atoms with van der Waals surface area (Å²) >= 11 is 3.74. The van der Waals surface area contributed by atoms with Crippen molar-refractivity contribution in [2.75, 3.05) is 0 Å². The normalized spacial score (nSPS) is 11.9. The number of alkyl halides is 1. The van der Waals surface area contributed by atoms with Gasteiger partial charge in [-0.05, 0) is 22.4 Å². The zero-order valence-corrected chi connectivity index (χ0v) is 14.5. The minimum Gasteiger partial charge on any atom is -1.00 e. The average molecular weight is 379 g/mol. The van der Waals surface area contributed by atoms with Crippen LogP contribution < -0.4 is 21.5 Å². The molecule has 1 aromatic rings. The second-order valence-corrected chi connectivity index (χ2v) is 5.72. The molecule has 0 saturated heterocycles. The minimum absolute atomic E-state index is 0. The first-order chi connectivity index (χ1) is 8.34. The summed E-state index contributed by atoms with van der Waals surface area (Å²) < 4.78 is 2.23. The van der Waals surface area contributed by atoms with Gasteiger partial charge >= 0.3 is 0 Å². The van der Waals surface area contributed by atoms with Crippen molar-refractivity contribution in [3.63, 3.8) is 0 Å². The Labute approximate surface area is 131 Å². The van der Waals surface area contributed by atoms with Gasteiger partial charge in [0.15, 0.2) is 12.4 Å². The number of hydrogen-bond acceptors (Lipinski definition) is 0. The van der Waals surface area contributed by atoms with Crippen LogP contribution in [0.1, 0.15) is 63.2 Å². The first-order valence-electron chi connectivity index (χ1n) is 6.94. The lowest BCUT2D eigenvalue weighted by Gasteiger charge is -2.05. The number of nitrogens with zero attached hydrogens (tertiary/aromatic N) is 1. The van der Waals surface area contributed by atoms with Gasteiger partial charge in [-0.1, -0.05) is 51.5 Å². The number of hydrogen-bond donors (Lipinski definition) is 0. The van der Waals surface area contributed by atoms with E-state index in [1.54, 1.807) is 0 Å². The molecule has 0 aromatic carbocycles. The summed E-state index contributed by atoms with van der Waals surface area (Å²) in [7, 11) is 0. The predicted octanol–water partition coefficient (Wildman–Crippen LogP) is 2.01. The van der Waals surface area contributed by atoms with E-state index in [1.165, 1.54) is 51.4 Å².